The molecular formula is C16H24N2O2. The van der Waals surface area contributed by atoms with E-state index in [9.17, 15) is 4.79 Å². The van der Waals surface area contributed by atoms with E-state index in [1.165, 1.54) is 11.1 Å². The van der Waals surface area contributed by atoms with Crippen LogP contribution in [0.1, 0.15) is 31.4 Å². The average molecular weight is 276 g/mol. The van der Waals surface area contributed by atoms with Crippen LogP contribution in [-0.2, 0) is 22.5 Å². The van der Waals surface area contributed by atoms with Gasteiger partial charge in [-0.15, -0.1) is 0 Å². The predicted octanol–water partition coefficient (Wildman–Crippen LogP) is 1.71. The van der Waals surface area contributed by atoms with Gasteiger partial charge in [0, 0.05) is 13.1 Å². The highest BCUT2D eigenvalue weighted by atomic mass is 16.5. The summed E-state index contributed by atoms with van der Waals surface area (Å²) in [5.41, 5.74) is 8.10. The first-order valence-corrected chi connectivity index (χ1v) is 7.34. The van der Waals surface area contributed by atoms with Crippen LogP contribution in [0.2, 0.25) is 0 Å². The van der Waals surface area contributed by atoms with Gasteiger partial charge >= 0.3 is 0 Å². The summed E-state index contributed by atoms with van der Waals surface area (Å²) in [6.45, 7) is 6.24. The van der Waals surface area contributed by atoms with Crippen molar-refractivity contribution in [1.82, 2.24) is 4.90 Å². The maximum atomic E-state index is 11.6. The molecule has 2 atom stereocenters. The quantitative estimate of drug-likeness (QED) is 0.891. The number of hydrogen-bond acceptors (Lipinski definition) is 3. The van der Waals surface area contributed by atoms with Gasteiger partial charge in [-0.3, -0.25) is 9.69 Å². The van der Waals surface area contributed by atoms with Crippen molar-refractivity contribution in [2.24, 2.45) is 5.73 Å². The Hall–Kier alpha value is -1.39. The molecule has 2 rings (SSSR count). The lowest BCUT2D eigenvalue weighted by Gasteiger charge is -2.37. The largest absolute Gasteiger partial charge is 0.375 e. The maximum absolute atomic E-state index is 11.6. The number of hydrogen-bond donors (Lipinski definition) is 1. The van der Waals surface area contributed by atoms with Gasteiger partial charge in [-0.25, -0.2) is 0 Å². The molecule has 1 fully saturated rings. The standard InChI is InChI=1S/C16H24N2O2/c1-3-5-13-6-4-7-14(10-13)11-18-8-9-20-12(2)15(18)16(17)19/h4,6-7,10,12,15H,3,5,8-9,11H2,1-2H3,(H2,17,19)/t12-,15+/m1/s1. The van der Waals surface area contributed by atoms with Crippen molar-refractivity contribution < 1.29 is 9.53 Å². The monoisotopic (exact) mass is 276 g/mol. The number of carbonyl (C=O) groups is 1. The number of amides is 1. The molecule has 1 saturated heterocycles. The third kappa shape index (κ3) is 3.58. The van der Waals surface area contributed by atoms with Crippen LogP contribution in [0.15, 0.2) is 24.3 Å². The Morgan fingerprint density at radius 2 is 2.20 bits per heavy atom. The Labute approximate surface area is 120 Å². The van der Waals surface area contributed by atoms with E-state index in [0.29, 0.717) is 6.61 Å². The predicted molar refractivity (Wildman–Crippen MR) is 79.2 cm³/mol. The molecule has 20 heavy (non-hydrogen) atoms. The van der Waals surface area contributed by atoms with Crippen molar-refractivity contribution >= 4 is 5.91 Å². The number of carbonyl (C=O) groups excluding carboxylic acids is 1. The van der Waals surface area contributed by atoms with Gasteiger partial charge in [0.15, 0.2) is 0 Å². The summed E-state index contributed by atoms with van der Waals surface area (Å²) in [6, 6.07) is 8.24. The molecule has 0 aliphatic carbocycles. The molecule has 0 saturated carbocycles. The highest BCUT2D eigenvalue weighted by Crippen LogP contribution is 2.18. The minimum Gasteiger partial charge on any atom is -0.375 e. The van der Waals surface area contributed by atoms with Gasteiger partial charge in [0.1, 0.15) is 6.04 Å². The molecule has 1 amide bonds. The molecule has 0 aromatic heterocycles. The molecule has 2 N–H and O–H groups in total. The second-order valence-corrected chi connectivity index (χ2v) is 5.46. The number of ether oxygens (including phenoxy) is 1. The molecule has 1 aliphatic heterocycles. The third-order valence-corrected chi connectivity index (χ3v) is 3.80. The summed E-state index contributed by atoms with van der Waals surface area (Å²) >= 11 is 0. The summed E-state index contributed by atoms with van der Waals surface area (Å²) in [5.74, 6) is -0.304. The van der Waals surface area contributed by atoms with Crippen molar-refractivity contribution in [2.45, 2.75) is 45.4 Å². The minimum atomic E-state index is -0.335. The molecule has 0 unspecified atom stereocenters. The number of aryl methyl sites for hydroxylation is 1. The van der Waals surface area contributed by atoms with Crippen LogP contribution in [0.3, 0.4) is 0 Å². The van der Waals surface area contributed by atoms with E-state index in [-0.39, 0.29) is 18.1 Å². The van der Waals surface area contributed by atoms with Crippen LogP contribution in [0.4, 0.5) is 0 Å². The van der Waals surface area contributed by atoms with Gasteiger partial charge in [-0.2, -0.15) is 0 Å². The Bertz CT molecular complexity index is 462. The minimum absolute atomic E-state index is 0.139. The van der Waals surface area contributed by atoms with E-state index in [1.54, 1.807) is 0 Å². The Morgan fingerprint density at radius 3 is 2.90 bits per heavy atom. The van der Waals surface area contributed by atoms with Gasteiger partial charge in [0.05, 0.1) is 12.7 Å². The number of nitrogens with two attached hydrogens (primary N) is 1. The van der Waals surface area contributed by atoms with E-state index in [2.05, 4.69) is 36.1 Å². The molecule has 1 aromatic rings. The fourth-order valence-electron chi connectivity index (χ4n) is 2.88. The van der Waals surface area contributed by atoms with E-state index in [0.717, 1.165) is 25.9 Å². The lowest BCUT2D eigenvalue weighted by atomic mass is 10.0. The molecule has 0 spiro atoms. The topological polar surface area (TPSA) is 55.6 Å². The smallest absolute Gasteiger partial charge is 0.237 e. The molecule has 0 radical (unpaired) electrons. The summed E-state index contributed by atoms with van der Waals surface area (Å²) < 4.78 is 5.54. The number of rotatable bonds is 5. The Balaban J connectivity index is 2.10. The first-order chi connectivity index (χ1) is 9.61. The van der Waals surface area contributed by atoms with Crippen molar-refractivity contribution in [3.05, 3.63) is 35.4 Å². The van der Waals surface area contributed by atoms with Crippen molar-refractivity contribution in [3.63, 3.8) is 0 Å². The van der Waals surface area contributed by atoms with Crippen LogP contribution in [0.25, 0.3) is 0 Å². The van der Waals surface area contributed by atoms with Crippen LogP contribution in [-0.4, -0.2) is 36.1 Å². The van der Waals surface area contributed by atoms with Crippen LogP contribution in [0, 0.1) is 0 Å². The summed E-state index contributed by atoms with van der Waals surface area (Å²) in [7, 11) is 0. The van der Waals surface area contributed by atoms with E-state index >= 15 is 0 Å². The van der Waals surface area contributed by atoms with E-state index in [4.69, 9.17) is 10.5 Å². The molecule has 4 heteroatoms. The maximum Gasteiger partial charge on any atom is 0.237 e. The SMILES string of the molecule is CCCc1cccc(CN2CCO[C@H](C)[C@H]2C(N)=O)c1. The average Bonchev–Trinajstić information content (AvgIpc) is 2.39. The number of primary amides is 1. The molecule has 4 nitrogen and oxygen atoms in total. The first-order valence-electron chi connectivity index (χ1n) is 7.34. The summed E-state index contributed by atoms with van der Waals surface area (Å²) in [4.78, 5) is 13.8. The summed E-state index contributed by atoms with van der Waals surface area (Å²) in [5, 5.41) is 0. The normalized spacial score (nSPS) is 23.7. The van der Waals surface area contributed by atoms with Crippen molar-refractivity contribution in [2.75, 3.05) is 13.2 Å². The first kappa shape index (κ1) is 15.0. The highest BCUT2D eigenvalue weighted by Gasteiger charge is 2.33. The van der Waals surface area contributed by atoms with Crippen molar-refractivity contribution in [1.29, 1.82) is 0 Å². The number of morpholine rings is 1. The van der Waals surface area contributed by atoms with Gasteiger partial charge in [-0.1, -0.05) is 37.6 Å². The van der Waals surface area contributed by atoms with Gasteiger partial charge in [0.25, 0.3) is 0 Å². The second kappa shape index (κ2) is 6.86. The fourth-order valence-corrected chi connectivity index (χ4v) is 2.88. The molecule has 0 bridgehead atoms. The van der Waals surface area contributed by atoms with Crippen LogP contribution >= 0.6 is 0 Å². The van der Waals surface area contributed by atoms with Crippen molar-refractivity contribution in [3.8, 4) is 0 Å². The summed E-state index contributed by atoms with van der Waals surface area (Å²) in [6.07, 6.45) is 2.09. The molecule has 1 heterocycles. The molecule has 1 aromatic carbocycles. The molecule has 1 aliphatic rings. The lowest BCUT2D eigenvalue weighted by Crippen LogP contribution is -2.56. The fraction of sp³-hybridized carbons (Fsp3) is 0.562. The highest BCUT2D eigenvalue weighted by molar-refractivity contribution is 5.80. The number of nitrogens with zero attached hydrogens (tertiary/aromatic N) is 1. The molecule has 110 valence electrons. The zero-order chi connectivity index (χ0) is 14.5. The van der Waals surface area contributed by atoms with E-state index in [1.807, 2.05) is 6.92 Å². The second-order valence-electron chi connectivity index (χ2n) is 5.46. The molecular weight excluding hydrogens is 252 g/mol. The lowest BCUT2D eigenvalue weighted by molar-refractivity contribution is -0.136. The Morgan fingerprint density at radius 1 is 1.45 bits per heavy atom. The van der Waals surface area contributed by atoms with Crippen LogP contribution < -0.4 is 5.73 Å². The number of benzene rings is 1. The Kier molecular flexibility index (Phi) is 5.15. The third-order valence-electron chi connectivity index (χ3n) is 3.80. The van der Waals surface area contributed by atoms with E-state index < -0.39 is 0 Å². The zero-order valence-corrected chi connectivity index (χ0v) is 12.3. The van der Waals surface area contributed by atoms with Crippen LogP contribution in [0.5, 0.6) is 0 Å². The van der Waals surface area contributed by atoms with Gasteiger partial charge in [-0.05, 0) is 24.5 Å². The van der Waals surface area contributed by atoms with Gasteiger partial charge in [0.2, 0.25) is 5.91 Å². The van der Waals surface area contributed by atoms with Gasteiger partial charge < -0.3 is 10.5 Å². The zero-order valence-electron chi connectivity index (χ0n) is 12.3.